The van der Waals surface area contributed by atoms with Gasteiger partial charge in [-0.1, -0.05) is 30.3 Å². The number of nitrogens with zero attached hydrogens (tertiary/aromatic N) is 5. The first kappa shape index (κ1) is 18.7. The highest BCUT2D eigenvalue weighted by atomic mass is 16.5. The minimum atomic E-state index is -0.357. The minimum Gasteiger partial charge on any atom is -0.469 e. The molecule has 2 fully saturated rings. The molecule has 2 saturated heterocycles. The Bertz CT molecular complexity index is 1080. The second-order valence-electron chi connectivity index (χ2n) is 7.90. The van der Waals surface area contributed by atoms with Gasteiger partial charge >= 0.3 is 5.97 Å². The van der Waals surface area contributed by atoms with Gasteiger partial charge in [-0.15, -0.1) is 0 Å². The quantitative estimate of drug-likeness (QED) is 0.615. The number of methoxy groups -OCH3 is 1. The molecule has 5 rings (SSSR count). The first-order valence-corrected chi connectivity index (χ1v) is 10.1. The van der Waals surface area contributed by atoms with Gasteiger partial charge in [-0.3, -0.25) is 14.5 Å². The van der Waals surface area contributed by atoms with E-state index in [4.69, 9.17) is 4.74 Å². The number of carbonyl (C=O) groups is 2. The third-order valence-electron chi connectivity index (χ3n) is 6.11. The number of benzene rings is 1. The highest BCUT2D eigenvalue weighted by Crippen LogP contribution is 2.43. The van der Waals surface area contributed by atoms with Gasteiger partial charge in [-0.25, -0.2) is 9.50 Å². The summed E-state index contributed by atoms with van der Waals surface area (Å²) in [5.41, 5.74) is 2.76. The van der Waals surface area contributed by atoms with Crippen molar-refractivity contribution in [2.45, 2.75) is 25.0 Å². The molecular weight excluding hydrogens is 382 g/mol. The van der Waals surface area contributed by atoms with Crippen LogP contribution in [0.25, 0.3) is 5.65 Å². The number of carbonyl (C=O) groups excluding carboxylic acids is 2. The fraction of sp³-hybridized carbons (Fsp3) is 0.364. The van der Waals surface area contributed by atoms with E-state index in [1.54, 1.807) is 16.9 Å². The highest BCUT2D eigenvalue weighted by molar-refractivity contribution is 5.83. The fourth-order valence-electron chi connectivity index (χ4n) is 4.88. The van der Waals surface area contributed by atoms with Crippen LogP contribution in [0.4, 0.5) is 0 Å². The topological polar surface area (TPSA) is 80.0 Å². The van der Waals surface area contributed by atoms with Gasteiger partial charge < -0.3 is 9.64 Å². The van der Waals surface area contributed by atoms with Gasteiger partial charge in [0.1, 0.15) is 0 Å². The lowest BCUT2D eigenvalue weighted by molar-refractivity contribution is -0.147. The Hall–Kier alpha value is -3.26. The molecule has 2 aliphatic rings. The Labute approximate surface area is 174 Å². The average Bonchev–Trinajstić information content (AvgIpc) is 3.36. The third-order valence-corrected chi connectivity index (χ3v) is 6.11. The predicted molar refractivity (Wildman–Crippen MR) is 108 cm³/mol. The molecule has 30 heavy (non-hydrogen) atoms. The highest BCUT2D eigenvalue weighted by Gasteiger charge is 2.50. The molecule has 2 aromatic heterocycles. The maximum atomic E-state index is 13.2. The molecular formula is C22H23N5O3. The number of fused-ring (bicyclic) bond motifs is 2. The first-order valence-electron chi connectivity index (χ1n) is 10.1. The summed E-state index contributed by atoms with van der Waals surface area (Å²) in [5, 5.41) is 4.34. The van der Waals surface area contributed by atoms with Crippen LogP contribution < -0.4 is 0 Å². The van der Waals surface area contributed by atoms with Crippen molar-refractivity contribution in [1.29, 1.82) is 0 Å². The molecule has 3 atom stereocenters. The van der Waals surface area contributed by atoms with Crippen molar-refractivity contribution in [3.63, 3.8) is 0 Å². The Morgan fingerprint density at radius 1 is 1.23 bits per heavy atom. The molecule has 0 unspecified atom stereocenters. The number of hydrogen-bond acceptors (Lipinski definition) is 6. The molecule has 8 nitrogen and oxygen atoms in total. The molecule has 1 aromatic carbocycles. The largest absolute Gasteiger partial charge is 0.469 e. The van der Waals surface area contributed by atoms with Crippen molar-refractivity contribution >= 4 is 17.5 Å². The van der Waals surface area contributed by atoms with Crippen LogP contribution >= 0.6 is 0 Å². The van der Waals surface area contributed by atoms with E-state index in [0.29, 0.717) is 26.1 Å². The lowest BCUT2D eigenvalue weighted by Gasteiger charge is -2.40. The number of esters is 1. The molecule has 1 amide bonds. The number of hydrogen-bond donors (Lipinski definition) is 0. The molecule has 4 heterocycles. The Balaban J connectivity index is 1.41. The van der Waals surface area contributed by atoms with Crippen LogP contribution in [0.3, 0.4) is 0 Å². The van der Waals surface area contributed by atoms with Crippen molar-refractivity contribution in [3.05, 3.63) is 66.1 Å². The zero-order valence-electron chi connectivity index (χ0n) is 16.7. The SMILES string of the molecule is COC(=O)[C@H]1C[C@H]2CN(Cc3cnn4cccnc34)CC(=O)N2[C@H]1c1ccccc1. The lowest BCUT2D eigenvalue weighted by Crippen LogP contribution is -2.53. The molecule has 0 spiro atoms. The van der Waals surface area contributed by atoms with Gasteiger partial charge in [-0.05, 0) is 18.1 Å². The molecule has 154 valence electrons. The standard InChI is InChI=1S/C22H23N5O3/c1-30-22(29)18-10-17-13-25(12-16-11-24-26-9-5-8-23-21(16)26)14-19(28)27(17)20(18)15-6-3-2-4-7-15/h2-9,11,17-18,20H,10,12-14H2,1H3/t17-,18-,20-/m0/s1. The van der Waals surface area contributed by atoms with E-state index in [-0.39, 0.29) is 29.9 Å². The number of rotatable bonds is 4. The summed E-state index contributed by atoms with van der Waals surface area (Å²) in [6.07, 6.45) is 6.00. The van der Waals surface area contributed by atoms with Gasteiger partial charge in [0.25, 0.3) is 0 Å². The molecule has 0 radical (unpaired) electrons. The van der Waals surface area contributed by atoms with E-state index in [0.717, 1.165) is 16.8 Å². The summed E-state index contributed by atoms with van der Waals surface area (Å²) in [4.78, 5) is 34.2. The van der Waals surface area contributed by atoms with Crippen LogP contribution in [0.5, 0.6) is 0 Å². The fourth-order valence-corrected chi connectivity index (χ4v) is 4.88. The average molecular weight is 405 g/mol. The van der Waals surface area contributed by atoms with E-state index in [1.807, 2.05) is 47.5 Å². The number of aromatic nitrogens is 3. The van der Waals surface area contributed by atoms with E-state index in [9.17, 15) is 9.59 Å². The zero-order chi connectivity index (χ0) is 20.7. The van der Waals surface area contributed by atoms with Gasteiger partial charge in [0.2, 0.25) is 5.91 Å². The monoisotopic (exact) mass is 405 g/mol. The second kappa shape index (κ2) is 7.53. The summed E-state index contributed by atoms with van der Waals surface area (Å²) >= 11 is 0. The predicted octanol–water partition coefficient (Wildman–Crippen LogP) is 1.68. The van der Waals surface area contributed by atoms with Crippen molar-refractivity contribution < 1.29 is 14.3 Å². The second-order valence-corrected chi connectivity index (χ2v) is 7.90. The summed E-state index contributed by atoms with van der Waals surface area (Å²) in [6, 6.07) is 11.3. The van der Waals surface area contributed by atoms with E-state index >= 15 is 0 Å². The summed E-state index contributed by atoms with van der Waals surface area (Å²) < 4.78 is 6.82. The molecule has 8 heteroatoms. The van der Waals surface area contributed by atoms with Crippen LogP contribution in [0.15, 0.2) is 55.0 Å². The van der Waals surface area contributed by atoms with Gasteiger partial charge in [-0.2, -0.15) is 5.10 Å². The molecule has 3 aromatic rings. The van der Waals surface area contributed by atoms with Crippen LogP contribution in [-0.4, -0.2) is 62.5 Å². The van der Waals surface area contributed by atoms with E-state index in [1.165, 1.54) is 7.11 Å². The van der Waals surface area contributed by atoms with Crippen LogP contribution in [-0.2, 0) is 20.9 Å². The summed E-state index contributed by atoms with van der Waals surface area (Å²) in [7, 11) is 1.41. The van der Waals surface area contributed by atoms with E-state index < -0.39 is 0 Å². The molecule has 0 aliphatic carbocycles. The van der Waals surface area contributed by atoms with Crippen LogP contribution in [0.1, 0.15) is 23.6 Å². The smallest absolute Gasteiger partial charge is 0.311 e. The van der Waals surface area contributed by atoms with Crippen molar-refractivity contribution in [3.8, 4) is 0 Å². The Morgan fingerprint density at radius 3 is 2.87 bits per heavy atom. The number of piperazine rings is 1. The first-order chi connectivity index (χ1) is 14.7. The van der Waals surface area contributed by atoms with E-state index in [2.05, 4.69) is 15.0 Å². The molecule has 2 aliphatic heterocycles. The molecule has 0 N–H and O–H groups in total. The normalized spacial score (nSPS) is 24.2. The zero-order valence-corrected chi connectivity index (χ0v) is 16.7. The van der Waals surface area contributed by atoms with Gasteiger partial charge in [0.15, 0.2) is 5.65 Å². The number of ether oxygens (including phenoxy) is 1. The molecule has 0 saturated carbocycles. The minimum absolute atomic E-state index is 0.0321. The number of amides is 1. The Kier molecular flexibility index (Phi) is 4.71. The van der Waals surface area contributed by atoms with Crippen molar-refractivity contribution in [2.75, 3.05) is 20.2 Å². The van der Waals surface area contributed by atoms with Gasteiger partial charge in [0.05, 0.1) is 31.8 Å². The Morgan fingerprint density at radius 2 is 2.07 bits per heavy atom. The third kappa shape index (κ3) is 3.13. The maximum absolute atomic E-state index is 13.2. The van der Waals surface area contributed by atoms with Crippen LogP contribution in [0.2, 0.25) is 0 Å². The summed E-state index contributed by atoms with van der Waals surface area (Å²) in [5.74, 6) is -0.578. The lowest BCUT2D eigenvalue weighted by atomic mass is 9.93. The molecule has 0 bridgehead atoms. The van der Waals surface area contributed by atoms with Crippen molar-refractivity contribution in [1.82, 2.24) is 24.4 Å². The summed E-state index contributed by atoms with van der Waals surface area (Å²) in [6.45, 7) is 1.60. The van der Waals surface area contributed by atoms with Gasteiger partial charge in [0, 0.05) is 37.1 Å². The van der Waals surface area contributed by atoms with Crippen molar-refractivity contribution in [2.24, 2.45) is 5.92 Å². The maximum Gasteiger partial charge on any atom is 0.311 e. The van der Waals surface area contributed by atoms with Crippen LogP contribution in [0, 0.1) is 5.92 Å².